The summed E-state index contributed by atoms with van der Waals surface area (Å²) < 4.78 is 10.5. The van der Waals surface area contributed by atoms with Crippen molar-refractivity contribution in [1.29, 1.82) is 0 Å². The second-order valence-corrected chi connectivity index (χ2v) is 16.7. The first-order valence-electron chi connectivity index (χ1n) is 19.8. The molecule has 12 nitrogen and oxygen atoms in total. The van der Waals surface area contributed by atoms with Crippen LogP contribution in [0.1, 0.15) is 95.2 Å². The summed E-state index contributed by atoms with van der Waals surface area (Å²) in [5.41, 5.74) is 10.6. The van der Waals surface area contributed by atoms with Crippen molar-refractivity contribution in [3.8, 4) is 33.5 Å². The van der Waals surface area contributed by atoms with Gasteiger partial charge in [-0.1, -0.05) is 50.2 Å². The molecule has 0 spiro atoms. The van der Waals surface area contributed by atoms with E-state index in [9.17, 15) is 14.4 Å². The quantitative estimate of drug-likeness (QED) is 0.151. The van der Waals surface area contributed by atoms with Crippen molar-refractivity contribution in [3.05, 3.63) is 83.6 Å². The van der Waals surface area contributed by atoms with Gasteiger partial charge in [0.2, 0.25) is 5.91 Å². The summed E-state index contributed by atoms with van der Waals surface area (Å²) in [6.07, 6.45) is 6.24. The number of aromatic nitrogens is 4. The molecule has 0 radical (unpaired) electrons. The molecule has 8 rings (SSSR count). The van der Waals surface area contributed by atoms with Crippen molar-refractivity contribution < 1.29 is 23.9 Å². The van der Waals surface area contributed by atoms with Crippen LogP contribution in [0.15, 0.2) is 60.8 Å². The highest BCUT2D eigenvalue weighted by molar-refractivity contribution is 5.87. The number of aromatic amines is 2. The Hall–Kier alpha value is -5.65. The minimum Gasteiger partial charge on any atom is -0.453 e. The van der Waals surface area contributed by atoms with Crippen molar-refractivity contribution in [2.75, 3.05) is 20.2 Å². The molecule has 2 aromatic heterocycles. The lowest BCUT2D eigenvalue weighted by Crippen LogP contribution is -2.51. The third-order valence-corrected chi connectivity index (χ3v) is 11.3. The summed E-state index contributed by atoms with van der Waals surface area (Å²) in [6, 6.07) is 18.7. The minimum atomic E-state index is -0.674. The molecular weight excluding hydrogens is 707 g/mol. The van der Waals surface area contributed by atoms with Crippen LogP contribution in [0.5, 0.6) is 0 Å². The number of rotatable bonds is 7. The molecule has 2 aliphatic heterocycles. The van der Waals surface area contributed by atoms with Crippen LogP contribution in [0, 0.1) is 5.92 Å². The number of imidazole rings is 2. The van der Waals surface area contributed by atoms with E-state index in [1.54, 1.807) is 4.90 Å². The van der Waals surface area contributed by atoms with Gasteiger partial charge in [0, 0.05) is 13.1 Å². The zero-order chi connectivity index (χ0) is 39.3. The zero-order valence-electron chi connectivity index (χ0n) is 33.1. The highest BCUT2D eigenvalue weighted by Crippen LogP contribution is 2.40. The van der Waals surface area contributed by atoms with Crippen LogP contribution < -0.4 is 5.32 Å². The third-order valence-electron chi connectivity index (χ3n) is 11.3. The standard InChI is InChI=1S/C44H51N7O5/c1-25(2)38(49-42(53)55-6)41(52)50-19-7-9-36(50)39-45-24-35(48-39)30-14-17-32-29(22-30)12-11-28-21-26(13-16-31(28)32)27-15-18-33-34(23-27)47-40(46-33)37-10-8-20-51(37)43(54)56-44(3,4)5/h13-18,21-25,36-38H,7-12,19-20H2,1-6H3,(H,45,48)(H,46,47)(H,49,53)/t36-,37-,38-/m0/s1. The molecule has 0 unspecified atom stereocenters. The van der Waals surface area contributed by atoms with Gasteiger partial charge in [-0.25, -0.2) is 19.6 Å². The van der Waals surface area contributed by atoms with Crippen LogP contribution in [-0.4, -0.2) is 79.7 Å². The number of nitrogens with one attached hydrogen (secondary N) is 3. The average Bonchev–Trinajstić information content (AvgIpc) is 4.01. The summed E-state index contributed by atoms with van der Waals surface area (Å²) in [5.74, 6) is 1.34. The van der Waals surface area contributed by atoms with E-state index in [2.05, 4.69) is 69.9 Å². The fraction of sp³-hybridized carbons (Fsp3) is 0.432. The number of ether oxygens (including phenoxy) is 2. The van der Waals surface area contributed by atoms with Gasteiger partial charge in [0.1, 0.15) is 23.3 Å². The Balaban J connectivity index is 0.984. The molecule has 0 bridgehead atoms. The number of aryl methyl sites for hydroxylation is 2. The number of nitrogens with zero attached hydrogens (tertiary/aromatic N) is 4. The van der Waals surface area contributed by atoms with E-state index in [0.29, 0.717) is 13.1 Å². The number of amides is 3. The first-order valence-corrected chi connectivity index (χ1v) is 19.8. The number of fused-ring (bicyclic) bond motifs is 4. The largest absolute Gasteiger partial charge is 0.453 e. The summed E-state index contributed by atoms with van der Waals surface area (Å²) >= 11 is 0. The number of alkyl carbamates (subject to hydrolysis) is 1. The number of likely N-dealkylation sites (tertiary alicyclic amines) is 2. The first-order chi connectivity index (χ1) is 26.9. The van der Waals surface area contributed by atoms with Gasteiger partial charge in [-0.05, 0) is 122 Å². The summed E-state index contributed by atoms with van der Waals surface area (Å²) in [4.78, 5) is 58.9. The fourth-order valence-corrected chi connectivity index (χ4v) is 8.55. The fourth-order valence-electron chi connectivity index (χ4n) is 8.55. The van der Waals surface area contributed by atoms with E-state index in [4.69, 9.17) is 19.4 Å². The summed E-state index contributed by atoms with van der Waals surface area (Å²) in [6.45, 7) is 10.8. The zero-order valence-corrected chi connectivity index (χ0v) is 33.1. The van der Waals surface area contributed by atoms with Gasteiger partial charge in [0.25, 0.3) is 0 Å². The average molecular weight is 758 g/mol. The Morgan fingerprint density at radius 2 is 1.45 bits per heavy atom. The van der Waals surface area contributed by atoms with Gasteiger partial charge in [-0.2, -0.15) is 0 Å². The molecular formula is C44H51N7O5. The Bertz CT molecular complexity index is 2300. The van der Waals surface area contributed by atoms with E-state index < -0.39 is 17.7 Å². The normalized spacial score (nSPS) is 18.6. The number of benzene rings is 3. The van der Waals surface area contributed by atoms with E-state index in [1.807, 2.05) is 45.7 Å². The van der Waals surface area contributed by atoms with Crippen molar-refractivity contribution in [2.45, 2.75) is 96.9 Å². The van der Waals surface area contributed by atoms with E-state index in [0.717, 1.165) is 83.6 Å². The van der Waals surface area contributed by atoms with Crippen LogP contribution in [0.25, 0.3) is 44.5 Å². The number of H-pyrrole nitrogens is 2. The minimum absolute atomic E-state index is 0.0925. The maximum Gasteiger partial charge on any atom is 0.410 e. The highest BCUT2D eigenvalue weighted by Gasteiger charge is 2.38. The predicted octanol–water partition coefficient (Wildman–Crippen LogP) is 8.50. The van der Waals surface area contributed by atoms with Gasteiger partial charge in [0.15, 0.2) is 0 Å². The first kappa shape index (κ1) is 37.3. The maximum atomic E-state index is 13.6. The molecule has 3 amide bonds. The van der Waals surface area contributed by atoms with Crippen LogP contribution in [0.4, 0.5) is 9.59 Å². The molecule has 0 saturated carbocycles. The topological polar surface area (TPSA) is 146 Å². The van der Waals surface area contributed by atoms with Gasteiger partial charge in [-0.3, -0.25) is 9.69 Å². The third kappa shape index (κ3) is 7.24. The van der Waals surface area contributed by atoms with Gasteiger partial charge < -0.3 is 29.7 Å². The lowest BCUT2D eigenvalue weighted by molar-refractivity contribution is -0.135. The summed E-state index contributed by atoms with van der Waals surface area (Å²) in [7, 11) is 1.30. The van der Waals surface area contributed by atoms with Crippen molar-refractivity contribution in [1.82, 2.24) is 35.1 Å². The van der Waals surface area contributed by atoms with Gasteiger partial charge in [0.05, 0.1) is 42.1 Å². The Morgan fingerprint density at radius 3 is 2.12 bits per heavy atom. The van der Waals surface area contributed by atoms with E-state index in [1.165, 1.54) is 29.4 Å². The lowest BCUT2D eigenvalue weighted by atomic mass is 9.83. The highest BCUT2D eigenvalue weighted by atomic mass is 16.6. The van der Waals surface area contributed by atoms with Crippen LogP contribution in [0.2, 0.25) is 0 Å². The molecule has 3 aromatic carbocycles. The SMILES string of the molecule is COC(=O)N[C@H](C(=O)N1CCC[C@H]1c1ncc(-c2ccc3c(c2)CCc2cc(-c4ccc5nc([C@@H]6CCCN6C(=O)OC(C)(C)C)[nH]c5c4)ccc2-3)[nH]1)C(C)C. The Morgan fingerprint density at radius 1 is 0.821 bits per heavy atom. The van der Waals surface area contributed by atoms with Crippen molar-refractivity contribution in [2.24, 2.45) is 5.92 Å². The van der Waals surface area contributed by atoms with Crippen LogP contribution >= 0.6 is 0 Å². The molecule has 12 heteroatoms. The van der Waals surface area contributed by atoms with Crippen LogP contribution in [-0.2, 0) is 27.1 Å². The van der Waals surface area contributed by atoms with Gasteiger partial charge >= 0.3 is 12.2 Å². The number of hydrogen-bond acceptors (Lipinski definition) is 7. The maximum absolute atomic E-state index is 13.6. The Labute approximate surface area is 327 Å². The van der Waals surface area contributed by atoms with E-state index in [-0.39, 0.29) is 30.0 Å². The molecule has 2 saturated heterocycles. The molecule has 3 N–H and O–H groups in total. The number of carbonyl (C=O) groups is 3. The molecule has 5 aromatic rings. The van der Waals surface area contributed by atoms with Gasteiger partial charge in [-0.15, -0.1) is 0 Å². The molecule has 2 fully saturated rings. The number of hydrogen-bond donors (Lipinski definition) is 3. The van der Waals surface area contributed by atoms with Crippen molar-refractivity contribution >= 4 is 29.1 Å². The molecule has 1 aliphatic carbocycles. The van der Waals surface area contributed by atoms with E-state index >= 15 is 0 Å². The molecule has 3 aliphatic rings. The number of methoxy groups -OCH3 is 1. The lowest BCUT2D eigenvalue weighted by Gasteiger charge is -2.30. The van der Waals surface area contributed by atoms with Crippen molar-refractivity contribution in [3.63, 3.8) is 0 Å². The molecule has 56 heavy (non-hydrogen) atoms. The predicted molar refractivity (Wildman–Crippen MR) is 215 cm³/mol. The Kier molecular flexibility index (Phi) is 9.84. The second kappa shape index (κ2) is 14.8. The molecule has 3 atom stereocenters. The molecule has 4 heterocycles. The van der Waals surface area contributed by atoms with Crippen LogP contribution in [0.3, 0.4) is 0 Å². The molecule has 292 valence electrons. The second-order valence-electron chi connectivity index (χ2n) is 16.7. The number of carbonyl (C=O) groups excluding carboxylic acids is 3. The summed E-state index contributed by atoms with van der Waals surface area (Å²) in [5, 5.41) is 2.72. The monoisotopic (exact) mass is 757 g/mol. The smallest absolute Gasteiger partial charge is 0.410 e.